The van der Waals surface area contributed by atoms with Crippen LogP contribution in [-0.2, 0) is 12.7 Å². The molecule has 0 radical (unpaired) electrons. The van der Waals surface area contributed by atoms with Crippen LogP contribution in [0.2, 0.25) is 0 Å². The van der Waals surface area contributed by atoms with Gasteiger partial charge in [-0.3, -0.25) is 0 Å². The normalized spacial score (nSPS) is 12.4. The lowest BCUT2D eigenvalue weighted by atomic mass is 10.3. The summed E-state index contributed by atoms with van der Waals surface area (Å²) in [6, 6.07) is 0.120. The number of nitrogens with one attached hydrogen (secondary N) is 1. The summed E-state index contributed by atoms with van der Waals surface area (Å²) in [6.07, 6.45) is -4.43. The molecule has 0 saturated heterocycles. The van der Waals surface area contributed by atoms with Crippen LogP contribution < -0.4 is 11.1 Å². The highest BCUT2D eigenvalue weighted by Gasteiger charge is 2.37. The van der Waals surface area contributed by atoms with E-state index in [1.807, 2.05) is 13.8 Å². The second-order valence-electron chi connectivity index (χ2n) is 3.36. The van der Waals surface area contributed by atoms with Gasteiger partial charge in [0.2, 0.25) is 0 Å². The van der Waals surface area contributed by atoms with Crippen LogP contribution in [0.25, 0.3) is 0 Å². The predicted octanol–water partition coefficient (Wildman–Crippen LogP) is 2.24. The number of nitrogens with zero attached hydrogens (tertiary/aromatic N) is 1. The zero-order valence-corrected chi connectivity index (χ0v) is 9.17. The first kappa shape index (κ1) is 12.3. The van der Waals surface area contributed by atoms with Crippen molar-refractivity contribution in [2.45, 2.75) is 32.6 Å². The highest BCUT2D eigenvalue weighted by molar-refractivity contribution is 7.15. The number of rotatable bonds is 3. The lowest BCUT2D eigenvalue weighted by molar-refractivity contribution is -0.141. The van der Waals surface area contributed by atoms with Crippen LogP contribution in [0.15, 0.2) is 0 Å². The minimum Gasteiger partial charge on any atom is -0.375 e. The van der Waals surface area contributed by atoms with Gasteiger partial charge in [0.15, 0.2) is 10.8 Å². The number of alkyl halides is 3. The lowest BCUT2D eigenvalue weighted by Crippen LogP contribution is -2.23. The number of hydrogen-bond donors (Lipinski definition) is 2. The molecule has 0 saturated carbocycles. The first-order chi connectivity index (χ1) is 6.80. The molecule has 3 N–H and O–H groups in total. The maximum atomic E-state index is 12.4. The largest absolute Gasteiger partial charge is 0.434 e. The third-order valence-corrected chi connectivity index (χ3v) is 2.54. The third-order valence-electron chi connectivity index (χ3n) is 1.65. The van der Waals surface area contributed by atoms with Crippen molar-refractivity contribution in [1.29, 1.82) is 0 Å². The molecule has 7 heteroatoms. The molecule has 0 amide bonds. The molecule has 0 unspecified atom stereocenters. The smallest absolute Gasteiger partial charge is 0.375 e. The molecule has 3 nitrogen and oxygen atoms in total. The van der Waals surface area contributed by atoms with Crippen molar-refractivity contribution in [1.82, 2.24) is 10.3 Å². The van der Waals surface area contributed by atoms with Crippen molar-refractivity contribution in [3.8, 4) is 0 Å². The molecule has 1 rings (SSSR count). The van der Waals surface area contributed by atoms with Crippen molar-refractivity contribution in [2.24, 2.45) is 0 Å². The number of thiazole rings is 1. The van der Waals surface area contributed by atoms with E-state index in [2.05, 4.69) is 10.3 Å². The van der Waals surface area contributed by atoms with Crippen molar-refractivity contribution < 1.29 is 13.2 Å². The van der Waals surface area contributed by atoms with Crippen molar-refractivity contribution in [3.63, 3.8) is 0 Å². The SMILES string of the molecule is CC(C)NCc1sc(N)nc1C(F)(F)F. The van der Waals surface area contributed by atoms with Crippen molar-refractivity contribution in [2.75, 3.05) is 5.73 Å². The van der Waals surface area contributed by atoms with Gasteiger partial charge in [0, 0.05) is 12.6 Å². The Morgan fingerprint density at radius 1 is 1.47 bits per heavy atom. The Labute approximate surface area is 89.5 Å². The van der Waals surface area contributed by atoms with E-state index >= 15 is 0 Å². The van der Waals surface area contributed by atoms with Gasteiger partial charge in [-0.2, -0.15) is 13.2 Å². The molecule has 0 aromatic carbocycles. The molecule has 1 aromatic heterocycles. The molecule has 15 heavy (non-hydrogen) atoms. The van der Waals surface area contributed by atoms with Crippen LogP contribution in [0.3, 0.4) is 0 Å². The van der Waals surface area contributed by atoms with Gasteiger partial charge in [-0.1, -0.05) is 13.8 Å². The van der Waals surface area contributed by atoms with E-state index in [1.54, 1.807) is 0 Å². The van der Waals surface area contributed by atoms with Gasteiger partial charge in [-0.05, 0) is 0 Å². The zero-order chi connectivity index (χ0) is 11.6. The number of halogens is 3. The van der Waals surface area contributed by atoms with Crippen LogP contribution in [0.1, 0.15) is 24.4 Å². The Balaban J connectivity index is 2.87. The minimum absolute atomic E-state index is 0.0529. The van der Waals surface area contributed by atoms with Gasteiger partial charge < -0.3 is 11.1 Å². The van der Waals surface area contributed by atoms with Crippen molar-refractivity contribution >= 4 is 16.5 Å². The summed E-state index contributed by atoms with van der Waals surface area (Å²) in [4.78, 5) is 3.42. The Morgan fingerprint density at radius 3 is 2.53 bits per heavy atom. The van der Waals surface area contributed by atoms with Crippen LogP contribution >= 0.6 is 11.3 Å². The molecule has 0 bridgehead atoms. The fourth-order valence-corrected chi connectivity index (χ4v) is 1.81. The maximum Gasteiger partial charge on any atom is 0.434 e. The summed E-state index contributed by atoms with van der Waals surface area (Å²) in [6.45, 7) is 3.86. The summed E-state index contributed by atoms with van der Waals surface area (Å²) in [5.41, 5.74) is 4.39. The molecule has 0 aliphatic rings. The Bertz CT molecular complexity index is 332. The minimum atomic E-state index is -4.43. The molecule has 0 spiro atoms. The second-order valence-corrected chi connectivity index (χ2v) is 4.47. The molecule has 0 atom stereocenters. The van der Waals surface area contributed by atoms with Crippen LogP contribution in [0.4, 0.5) is 18.3 Å². The van der Waals surface area contributed by atoms with E-state index in [1.165, 1.54) is 0 Å². The van der Waals surface area contributed by atoms with Gasteiger partial charge >= 0.3 is 6.18 Å². The summed E-state index contributed by atoms with van der Waals surface area (Å²) < 4.78 is 37.3. The van der Waals surface area contributed by atoms with Crippen LogP contribution in [0.5, 0.6) is 0 Å². The van der Waals surface area contributed by atoms with Crippen LogP contribution in [0, 0.1) is 0 Å². The number of nitrogen functional groups attached to an aromatic ring is 1. The summed E-state index contributed by atoms with van der Waals surface area (Å²) >= 11 is 0.867. The number of aromatic nitrogens is 1. The van der Waals surface area contributed by atoms with E-state index in [0.717, 1.165) is 11.3 Å². The van der Waals surface area contributed by atoms with E-state index in [-0.39, 0.29) is 22.6 Å². The van der Waals surface area contributed by atoms with Gasteiger partial charge in [-0.15, -0.1) is 11.3 Å². The molecular weight excluding hydrogens is 227 g/mol. The molecule has 0 aliphatic heterocycles. The van der Waals surface area contributed by atoms with Gasteiger partial charge in [0.05, 0.1) is 4.88 Å². The Morgan fingerprint density at radius 2 is 2.07 bits per heavy atom. The van der Waals surface area contributed by atoms with Crippen molar-refractivity contribution in [3.05, 3.63) is 10.6 Å². The van der Waals surface area contributed by atoms with Crippen LogP contribution in [-0.4, -0.2) is 11.0 Å². The van der Waals surface area contributed by atoms with E-state index in [9.17, 15) is 13.2 Å². The number of anilines is 1. The molecule has 0 fully saturated rings. The average Bonchev–Trinajstić information content (AvgIpc) is 2.42. The van der Waals surface area contributed by atoms with Gasteiger partial charge in [-0.25, -0.2) is 4.98 Å². The number of nitrogens with two attached hydrogens (primary N) is 1. The van der Waals surface area contributed by atoms with E-state index in [4.69, 9.17) is 5.73 Å². The van der Waals surface area contributed by atoms with Gasteiger partial charge in [0.1, 0.15) is 0 Å². The standard InChI is InChI=1S/C8H12F3N3S/c1-4(2)13-3-5-6(8(9,10)11)14-7(12)15-5/h4,13H,3H2,1-2H3,(H2,12,14). The zero-order valence-electron chi connectivity index (χ0n) is 8.35. The molecular formula is C8H12F3N3S. The summed E-state index contributed by atoms with van der Waals surface area (Å²) in [5, 5.41) is 2.85. The summed E-state index contributed by atoms with van der Waals surface area (Å²) in [5.74, 6) is 0. The first-order valence-corrected chi connectivity index (χ1v) is 5.18. The summed E-state index contributed by atoms with van der Waals surface area (Å²) in [7, 11) is 0. The Kier molecular flexibility index (Phi) is 3.56. The fourth-order valence-electron chi connectivity index (χ4n) is 1.01. The lowest BCUT2D eigenvalue weighted by Gasteiger charge is -2.09. The molecule has 1 aromatic rings. The van der Waals surface area contributed by atoms with E-state index in [0.29, 0.717) is 0 Å². The monoisotopic (exact) mass is 239 g/mol. The fraction of sp³-hybridized carbons (Fsp3) is 0.625. The maximum absolute atomic E-state index is 12.4. The molecule has 86 valence electrons. The quantitative estimate of drug-likeness (QED) is 0.850. The average molecular weight is 239 g/mol. The highest BCUT2D eigenvalue weighted by Crippen LogP contribution is 2.35. The molecule has 0 aliphatic carbocycles. The number of hydrogen-bond acceptors (Lipinski definition) is 4. The Hall–Kier alpha value is -0.820. The second kappa shape index (κ2) is 4.36. The first-order valence-electron chi connectivity index (χ1n) is 4.36. The third kappa shape index (κ3) is 3.35. The molecule has 1 heterocycles. The highest BCUT2D eigenvalue weighted by atomic mass is 32.1. The van der Waals surface area contributed by atoms with Gasteiger partial charge in [0.25, 0.3) is 0 Å². The topological polar surface area (TPSA) is 50.9 Å². The van der Waals surface area contributed by atoms with E-state index < -0.39 is 11.9 Å². The predicted molar refractivity (Wildman–Crippen MR) is 53.5 cm³/mol.